The van der Waals surface area contributed by atoms with Gasteiger partial charge in [-0.05, 0) is 62.4 Å². The van der Waals surface area contributed by atoms with E-state index in [0.717, 1.165) is 5.75 Å². The monoisotopic (exact) mass is 397 g/mol. The molecule has 28 heavy (non-hydrogen) atoms. The first-order valence-corrected chi connectivity index (χ1v) is 9.19. The van der Waals surface area contributed by atoms with Crippen molar-refractivity contribution in [1.82, 2.24) is 5.16 Å². The fourth-order valence-corrected chi connectivity index (χ4v) is 2.64. The zero-order chi connectivity index (χ0) is 19.9. The molecule has 0 radical (unpaired) electrons. The van der Waals surface area contributed by atoms with Crippen LogP contribution < -0.4 is 10.1 Å². The van der Waals surface area contributed by atoms with Crippen molar-refractivity contribution < 1.29 is 14.1 Å². The van der Waals surface area contributed by atoms with Crippen molar-refractivity contribution in [1.29, 1.82) is 0 Å². The number of ether oxygens (including phenoxy) is 1. The molecule has 0 aliphatic rings. The lowest BCUT2D eigenvalue weighted by atomic mass is 10.1. The molecule has 0 aliphatic carbocycles. The fourth-order valence-electron chi connectivity index (χ4n) is 2.51. The summed E-state index contributed by atoms with van der Waals surface area (Å²) < 4.78 is 10.7. The van der Waals surface area contributed by atoms with Gasteiger partial charge in [-0.2, -0.15) is 0 Å². The fraction of sp³-hybridized carbons (Fsp3) is 0.190. The minimum atomic E-state index is -0.733. The van der Waals surface area contributed by atoms with Gasteiger partial charge in [0.1, 0.15) is 11.7 Å². The van der Waals surface area contributed by atoms with Gasteiger partial charge in [-0.25, -0.2) is 0 Å². The highest BCUT2D eigenvalue weighted by atomic mass is 35.5. The summed E-state index contributed by atoms with van der Waals surface area (Å²) in [6.45, 7) is 4.32. The Morgan fingerprint density at radius 1 is 1.25 bits per heavy atom. The number of aliphatic imine (C=N–C) groups is 1. The maximum absolute atomic E-state index is 12.8. The molecule has 0 bridgehead atoms. The summed E-state index contributed by atoms with van der Waals surface area (Å²) in [5, 5.41) is 7.31. The zero-order valence-corrected chi connectivity index (χ0v) is 16.3. The summed E-state index contributed by atoms with van der Waals surface area (Å²) in [5.41, 5.74) is 2.02. The lowest BCUT2D eigenvalue weighted by Gasteiger charge is -2.10. The number of nitrogens with zero attached hydrogens (tertiary/aromatic N) is 2. The van der Waals surface area contributed by atoms with E-state index in [-0.39, 0.29) is 5.91 Å². The number of benzene rings is 2. The van der Waals surface area contributed by atoms with Gasteiger partial charge in [-0.3, -0.25) is 9.79 Å². The van der Waals surface area contributed by atoms with Crippen LogP contribution >= 0.6 is 11.6 Å². The van der Waals surface area contributed by atoms with Crippen LogP contribution in [0.5, 0.6) is 5.75 Å². The van der Waals surface area contributed by atoms with Crippen molar-refractivity contribution in [3.63, 3.8) is 0 Å². The van der Waals surface area contributed by atoms with Crippen molar-refractivity contribution in [3.8, 4) is 5.75 Å². The van der Waals surface area contributed by atoms with Crippen molar-refractivity contribution in [3.05, 3.63) is 71.1 Å². The number of amides is 1. The molecule has 144 valence electrons. The Hall–Kier alpha value is -3.12. The molecule has 1 heterocycles. The standard InChI is InChI=1S/C21H20ClN3O3/c1-3-27-18-10-8-16(9-11-18)23-13-19(20-12-14(2)25-28-20)21(26)24-17-6-4-15(22)5-7-17/h4-13,19H,3H2,1-2H3,(H,24,26). The van der Waals surface area contributed by atoms with Crippen LogP contribution in [0.1, 0.15) is 24.3 Å². The van der Waals surface area contributed by atoms with E-state index in [1.165, 1.54) is 0 Å². The summed E-state index contributed by atoms with van der Waals surface area (Å²) >= 11 is 5.89. The number of carbonyl (C=O) groups excluding carboxylic acids is 1. The van der Waals surface area contributed by atoms with E-state index in [1.807, 2.05) is 31.2 Å². The van der Waals surface area contributed by atoms with Gasteiger partial charge in [-0.1, -0.05) is 16.8 Å². The second kappa shape index (κ2) is 9.19. The highest BCUT2D eigenvalue weighted by Crippen LogP contribution is 2.22. The van der Waals surface area contributed by atoms with Gasteiger partial charge in [0.05, 0.1) is 18.0 Å². The molecule has 3 aromatic rings. The van der Waals surface area contributed by atoms with Gasteiger partial charge in [-0.15, -0.1) is 0 Å². The summed E-state index contributed by atoms with van der Waals surface area (Å²) in [5.74, 6) is 0.166. The van der Waals surface area contributed by atoms with Crippen LogP contribution in [0.25, 0.3) is 0 Å². The van der Waals surface area contributed by atoms with Gasteiger partial charge >= 0.3 is 0 Å². The lowest BCUT2D eigenvalue weighted by Crippen LogP contribution is -2.22. The average molecular weight is 398 g/mol. The third-order valence-electron chi connectivity index (χ3n) is 3.87. The molecule has 0 spiro atoms. The van der Waals surface area contributed by atoms with Crippen LogP contribution in [0.15, 0.2) is 64.1 Å². The molecule has 1 N–H and O–H groups in total. The van der Waals surface area contributed by atoms with Crippen LogP contribution in [-0.4, -0.2) is 23.9 Å². The normalized spacial score (nSPS) is 12.1. The summed E-state index contributed by atoms with van der Waals surface area (Å²) in [7, 11) is 0. The molecule has 1 aromatic heterocycles. The van der Waals surface area contributed by atoms with Crippen LogP contribution in [0, 0.1) is 6.92 Å². The number of aryl methyl sites for hydroxylation is 1. The predicted octanol–water partition coefficient (Wildman–Crippen LogP) is 5.16. The Labute approximate surface area is 168 Å². The molecule has 6 nitrogen and oxygen atoms in total. The number of halogens is 1. The van der Waals surface area contributed by atoms with E-state index >= 15 is 0 Å². The van der Waals surface area contributed by atoms with Crippen molar-refractivity contribution in [2.24, 2.45) is 4.99 Å². The average Bonchev–Trinajstić information content (AvgIpc) is 3.11. The molecule has 1 atom stereocenters. The molecule has 2 aromatic carbocycles. The summed E-state index contributed by atoms with van der Waals surface area (Å²) in [4.78, 5) is 17.2. The SMILES string of the molecule is CCOc1ccc(N=CC(C(=O)Nc2ccc(Cl)cc2)c2cc(C)no2)cc1. The molecule has 0 saturated carbocycles. The summed E-state index contributed by atoms with van der Waals surface area (Å²) in [6, 6.07) is 15.9. The number of rotatable bonds is 7. The van der Waals surface area contributed by atoms with Crippen LogP contribution in [0.4, 0.5) is 11.4 Å². The molecule has 0 saturated heterocycles. The van der Waals surface area contributed by atoms with Gasteiger partial charge in [0.2, 0.25) is 5.91 Å². The highest BCUT2D eigenvalue weighted by molar-refractivity contribution is 6.30. The Morgan fingerprint density at radius 2 is 1.96 bits per heavy atom. The number of anilines is 1. The zero-order valence-electron chi connectivity index (χ0n) is 15.6. The van der Waals surface area contributed by atoms with E-state index in [1.54, 1.807) is 43.5 Å². The van der Waals surface area contributed by atoms with Crippen molar-refractivity contribution in [2.75, 3.05) is 11.9 Å². The van der Waals surface area contributed by atoms with E-state index in [2.05, 4.69) is 15.5 Å². The minimum absolute atomic E-state index is 0.284. The first-order valence-electron chi connectivity index (χ1n) is 8.82. The molecule has 3 rings (SSSR count). The van der Waals surface area contributed by atoms with E-state index in [4.69, 9.17) is 20.9 Å². The highest BCUT2D eigenvalue weighted by Gasteiger charge is 2.23. The van der Waals surface area contributed by atoms with Crippen LogP contribution in [-0.2, 0) is 4.79 Å². The van der Waals surface area contributed by atoms with E-state index < -0.39 is 5.92 Å². The maximum Gasteiger partial charge on any atom is 0.240 e. The molecule has 1 unspecified atom stereocenters. The van der Waals surface area contributed by atoms with Gasteiger partial charge in [0, 0.05) is 23.0 Å². The number of hydrogen-bond donors (Lipinski definition) is 1. The predicted molar refractivity (Wildman–Crippen MR) is 110 cm³/mol. The van der Waals surface area contributed by atoms with Crippen molar-refractivity contribution in [2.45, 2.75) is 19.8 Å². The third-order valence-corrected chi connectivity index (χ3v) is 4.12. The Kier molecular flexibility index (Phi) is 6.45. The summed E-state index contributed by atoms with van der Waals surface area (Å²) in [6.07, 6.45) is 1.54. The maximum atomic E-state index is 12.8. The first kappa shape index (κ1) is 19.6. The van der Waals surface area contributed by atoms with Gasteiger partial charge < -0.3 is 14.6 Å². The topological polar surface area (TPSA) is 76.7 Å². The quantitative estimate of drug-likeness (QED) is 0.558. The van der Waals surface area contributed by atoms with Gasteiger partial charge in [0.15, 0.2) is 5.76 Å². The third kappa shape index (κ3) is 5.20. The van der Waals surface area contributed by atoms with Crippen LogP contribution in [0.3, 0.4) is 0 Å². The number of aromatic nitrogens is 1. The number of carbonyl (C=O) groups is 1. The second-order valence-corrected chi connectivity index (χ2v) is 6.49. The smallest absolute Gasteiger partial charge is 0.240 e. The Balaban J connectivity index is 1.80. The lowest BCUT2D eigenvalue weighted by molar-refractivity contribution is -0.116. The Bertz CT molecular complexity index is 950. The second-order valence-electron chi connectivity index (χ2n) is 6.05. The molecular formula is C21H20ClN3O3. The molecule has 0 aliphatic heterocycles. The number of nitrogens with one attached hydrogen (secondary N) is 1. The van der Waals surface area contributed by atoms with Crippen LogP contribution in [0.2, 0.25) is 5.02 Å². The van der Waals surface area contributed by atoms with E-state index in [9.17, 15) is 4.79 Å². The molecule has 7 heteroatoms. The van der Waals surface area contributed by atoms with Crippen molar-refractivity contribution >= 4 is 35.1 Å². The Morgan fingerprint density at radius 3 is 2.57 bits per heavy atom. The number of hydrogen-bond acceptors (Lipinski definition) is 5. The largest absolute Gasteiger partial charge is 0.494 e. The molecule has 1 amide bonds. The minimum Gasteiger partial charge on any atom is -0.494 e. The van der Waals surface area contributed by atoms with Gasteiger partial charge in [0.25, 0.3) is 0 Å². The van der Waals surface area contributed by atoms with E-state index in [0.29, 0.717) is 34.5 Å². The molecule has 0 fully saturated rings. The molecular weight excluding hydrogens is 378 g/mol. The first-order chi connectivity index (χ1) is 13.5.